The van der Waals surface area contributed by atoms with Gasteiger partial charge in [0.1, 0.15) is 0 Å². The van der Waals surface area contributed by atoms with Crippen LogP contribution in [-0.4, -0.2) is 10.2 Å². The van der Waals surface area contributed by atoms with Crippen molar-refractivity contribution in [2.24, 2.45) is 0 Å². The minimum absolute atomic E-state index is 0.463. The quantitative estimate of drug-likeness (QED) is 0.768. The molecule has 0 bridgehead atoms. The highest BCUT2D eigenvalue weighted by Crippen LogP contribution is 2.37. The van der Waals surface area contributed by atoms with Crippen molar-refractivity contribution in [3.05, 3.63) is 24.3 Å². The summed E-state index contributed by atoms with van der Waals surface area (Å²) in [6.45, 7) is 2.20. The van der Waals surface area contributed by atoms with E-state index in [-0.39, 0.29) is 0 Å². The molecule has 0 spiro atoms. The maximum atomic E-state index is 5.34. The Labute approximate surface area is 94.3 Å². The molecule has 1 atom stereocenters. The van der Waals surface area contributed by atoms with Crippen molar-refractivity contribution < 1.29 is 0 Å². The van der Waals surface area contributed by atoms with Crippen LogP contribution in [0.5, 0.6) is 0 Å². The van der Waals surface area contributed by atoms with Gasteiger partial charge in [-0.1, -0.05) is 37.7 Å². The number of hydrogen-bond acceptors (Lipinski definition) is 2. The lowest BCUT2D eigenvalue weighted by Crippen LogP contribution is -2.26. The molecule has 2 rings (SSSR count). The summed E-state index contributed by atoms with van der Waals surface area (Å²) < 4.78 is 0. The number of benzene rings is 1. The molecule has 14 heavy (non-hydrogen) atoms. The summed E-state index contributed by atoms with van der Waals surface area (Å²) in [5.41, 5.74) is 1.16. The van der Waals surface area contributed by atoms with E-state index in [2.05, 4.69) is 30.4 Å². The Morgan fingerprint density at radius 1 is 1.43 bits per heavy atom. The van der Waals surface area contributed by atoms with Gasteiger partial charge in [0.2, 0.25) is 0 Å². The molecule has 1 N–H and O–H groups in total. The van der Waals surface area contributed by atoms with Crippen LogP contribution in [0.4, 0.5) is 5.69 Å². The van der Waals surface area contributed by atoms with E-state index in [1.165, 1.54) is 11.3 Å². The van der Waals surface area contributed by atoms with E-state index in [1.807, 2.05) is 17.8 Å². The molecule has 1 nitrogen and oxygen atoms in total. The van der Waals surface area contributed by atoms with Crippen LogP contribution in [0.2, 0.25) is 0 Å². The number of nitrogens with one attached hydrogen (secondary N) is 1. The smallest absolute Gasteiger partial charge is 0.0933 e. The topological polar surface area (TPSA) is 12.0 Å². The summed E-state index contributed by atoms with van der Waals surface area (Å²) in [6.07, 6.45) is 2.34. The molecule has 0 saturated heterocycles. The van der Waals surface area contributed by atoms with Crippen molar-refractivity contribution in [3.8, 4) is 0 Å². The van der Waals surface area contributed by atoms with Gasteiger partial charge < -0.3 is 5.32 Å². The Kier molecular flexibility index (Phi) is 3.08. The zero-order chi connectivity index (χ0) is 9.97. The van der Waals surface area contributed by atoms with Crippen LogP contribution in [0.1, 0.15) is 19.8 Å². The van der Waals surface area contributed by atoms with Gasteiger partial charge in [0, 0.05) is 4.90 Å². The standard InChI is InChI=1S/C11H13NS2/c1-2-5-10-11(13)12-8-6-3-4-7-9(8)14-10/h3-4,6-7,10H,2,5H2,1H3,(H,12,13). The summed E-state index contributed by atoms with van der Waals surface area (Å²) in [4.78, 5) is 2.30. The van der Waals surface area contributed by atoms with Gasteiger partial charge >= 0.3 is 0 Å². The zero-order valence-electron chi connectivity index (χ0n) is 8.12. The molecular formula is C11H13NS2. The molecule has 0 amide bonds. The summed E-state index contributed by atoms with van der Waals surface area (Å²) in [7, 11) is 0. The fourth-order valence-electron chi connectivity index (χ4n) is 1.54. The first kappa shape index (κ1) is 9.99. The predicted molar refractivity (Wildman–Crippen MR) is 67.2 cm³/mol. The van der Waals surface area contributed by atoms with Crippen LogP contribution < -0.4 is 5.32 Å². The number of fused-ring (bicyclic) bond motifs is 1. The van der Waals surface area contributed by atoms with Crippen molar-refractivity contribution in [1.82, 2.24) is 0 Å². The summed E-state index contributed by atoms with van der Waals surface area (Å²) >= 11 is 7.22. The lowest BCUT2D eigenvalue weighted by atomic mass is 10.2. The number of anilines is 1. The molecule has 74 valence electrons. The largest absolute Gasteiger partial charge is 0.348 e. The minimum Gasteiger partial charge on any atom is -0.348 e. The Bertz CT molecular complexity index is 349. The van der Waals surface area contributed by atoms with E-state index >= 15 is 0 Å². The average molecular weight is 223 g/mol. The Hall–Kier alpha value is -0.540. The normalized spacial score (nSPS) is 20.1. The van der Waals surface area contributed by atoms with Crippen molar-refractivity contribution in [1.29, 1.82) is 0 Å². The van der Waals surface area contributed by atoms with Gasteiger partial charge in [-0.05, 0) is 18.6 Å². The number of hydrogen-bond donors (Lipinski definition) is 1. The number of thioether (sulfide) groups is 1. The Morgan fingerprint density at radius 2 is 2.21 bits per heavy atom. The maximum absolute atomic E-state index is 5.34. The monoisotopic (exact) mass is 223 g/mol. The highest BCUT2D eigenvalue weighted by molar-refractivity contribution is 8.02. The molecule has 1 aromatic carbocycles. The summed E-state index contributed by atoms with van der Waals surface area (Å²) in [5, 5.41) is 3.77. The molecule has 0 radical (unpaired) electrons. The van der Waals surface area contributed by atoms with E-state index in [0.717, 1.165) is 17.1 Å². The van der Waals surface area contributed by atoms with Crippen molar-refractivity contribution in [3.63, 3.8) is 0 Å². The number of thiocarbonyl (C=S) groups is 1. The lowest BCUT2D eigenvalue weighted by Gasteiger charge is -2.25. The molecule has 0 fully saturated rings. The Balaban J connectivity index is 2.22. The third-order valence-electron chi connectivity index (χ3n) is 2.26. The fraction of sp³-hybridized carbons (Fsp3) is 0.364. The van der Waals surface area contributed by atoms with Gasteiger partial charge in [-0.15, -0.1) is 11.8 Å². The lowest BCUT2D eigenvalue weighted by molar-refractivity contribution is 0.848. The molecule has 0 aromatic heterocycles. The summed E-state index contributed by atoms with van der Waals surface area (Å²) in [6, 6.07) is 8.34. The molecule has 1 aliphatic rings. The Morgan fingerprint density at radius 3 is 3.00 bits per heavy atom. The summed E-state index contributed by atoms with van der Waals surface area (Å²) in [5.74, 6) is 0. The van der Waals surface area contributed by atoms with Crippen molar-refractivity contribution >= 4 is 34.7 Å². The second-order valence-corrected chi connectivity index (χ2v) is 5.06. The van der Waals surface area contributed by atoms with Crippen LogP contribution in [-0.2, 0) is 0 Å². The highest BCUT2D eigenvalue weighted by Gasteiger charge is 2.22. The molecule has 1 unspecified atom stereocenters. The van der Waals surface area contributed by atoms with Crippen LogP contribution >= 0.6 is 24.0 Å². The van der Waals surface area contributed by atoms with Gasteiger partial charge in [-0.2, -0.15) is 0 Å². The first-order valence-corrected chi connectivity index (χ1v) is 6.16. The molecule has 3 heteroatoms. The second-order valence-electron chi connectivity index (χ2n) is 3.38. The van der Waals surface area contributed by atoms with E-state index in [9.17, 15) is 0 Å². The van der Waals surface area contributed by atoms with Gasteiger partial charge in [-0.25, -0.2) is 0 Å². The van der Waals surface area contributed by atoms with Crippen LogP contribution in [0, 0.1) is 0 Å². The van der Waals surface area contributed by atoms with E-state index in [1.54, 1.807) is 0 Å². The van der Waals surface area contributed by atoms with Gasteiger partial charge in [0.15, 0.2) is 0 Å². The van der Waals surface area contributed by atoms with Gasteiger partial charge in [0.05, 0.1) is 15.9 Å². The third-order valence-corrected chi connectivity index (χ3v) is 4.16. The van der Waals surface area contributed by atoms with E-state index < -0.39 is 0 Å². The van der Waals surface area contributed by atoms with E-state index in [0.29, 0.717) is 5.25 Å². The first-order valence-electron chi connectivity index (χ1n) is 4.88. The second kappa shape index (κ2) is 4.32. The SMILES string of the molecule is CCCC1Sc2ccccc2NC1=S. The highest BCUT2D eigenvalue weighted by atomic mass is 32.2. The van der Waals surface area contributed by atoms with Crippen LogP contribution in [0.15, 0.2) is 29.2 Å². The molecule has 1 aromatic rings. The van der Waals surface area contributed by atoms with Crippen molar-refractivity contribution in [2.45, 2.75) is 29.9 Å². The number of para-hydroxylation sites is 1. The molecule has 0 saturated carbocycles. The first-order chi connectivity index (χ1) is 6.81. The zero-order valence-corrected chi connectivity index (χ0v) is 9.75. The molecule has 1 aliphatic heterocycles. The van der Waals surface area contributed by atoms with Crippen LogP contribution in [0.3, 0.4) is 0 Å². The van der Waals surface area contributed by atoms with E-state index in [4.69, 9.17) is 12.2 Å². The fourth-order valence-corrected chi connectivity index (χ4v) is 3.15. The third kappa shape index (κ3) is 1.93. The number of rotatable bonds is 2. The van der Waals surface area contributed by atoms with Crippen molar-refractivity contribution in [2.75, 3.05) is 5.32 Å². The predicted octanol–water partition coefficient (Wildman–Crippen LogP) is 3.70. The molecule has 0 aliphatic carbocycles. The van der Waals surface area contributed by atoms with Gasteiger partial charge in [-0.3, -0.25) is 0 Å². The molecule has 1 heterocycles. The average Bonchev–Trinajstić information content (AvgIpc) is 2.19. The van der Waals surface area contributed by atoms with Crippen LogP contribution in [0.25, 0.3) is 0 Å². The van der Waals surface area contributed by atoms with Gasteiger partial charge in [0.25, 0.3) is 0 Å². The maximum Gasteiger partial charge on any atom is 0.0933 e. The minimum atomic E-state index is 0.463. The molecular weight excluding hydrogens is 210 g/mol.